The maximum absolute atomic E-state index is 9.36. The topological polar surface area (TPSA) is 123 Å². The van der Waals surface area contributed by atoms with Crippen molar-refractivity contribution in [2.75, 3.05) is 24.1 Å². The van der Waals surface area contributed by atoms with Crippen LogP contribution in [0.2, 0.25) is 10.0 Å². The van der Waals surface area contributed by atoms with E-state index in [-0.39, 0.29) is 24.9 Å². The average molecular weight is 329 g/mol. The van der Waals surface area contributed by atoms with Gasteiger partial charge in [-0.25, -0.2) is 0 Å². The summed E-state index contributed by atoms with van der Waals surface area (Å²) in [6, 6.07) is 5.12. The van der Waals surface area contributed by atoms with Crippen molar-refractivity contribution in [2.45, 2.75) is 6.10 Å². The van der Waals surface area contributed by atoms with Crippen LogP contribution < -0.4 is 16.8 Å². The molecule has 2 aromatic rings. The summed E-state index contributed by atoms with van der Waals surface area (Å²) in [7, 11) is 0. The summed E-state index contributed by atoms with van der Waals surface area (Å²) >= 11 is 12.1. The lowest BCUT2D eigenvalue weighted by atomic mass is 10.1. The molecule has 1 aromatic carbocycles. The normalized spacial score (nSPS) is 12.2. The number of aromatic nitrogens is 3. The molecule has 0 aliphatic heterocycles. The molecule has 0 radical (unpaired) electrons. The minimum absolute atomic E-state index is 0.131. The summed E-state index contributed by atoms with van der Waals surface area (Å²) in [5, 5.41) is 20.8. The Labute approximate surface area is 131 Å². The first-order valence-corrected chi connectivity index (χ1v) is 6.85. The number of hydrogen-bond acceptors (Lipinski definition) is 7. The number of hydrogen-bond donors (Lipinski definition) is 4. The van der Waals surface area contributed by atoms with Gasteiger partial charge in [0.2, 0.25) is 5.95 Å². The zero-order valence-corrected chi connectivity index (χ0v) is 12.4. The van der Waals surface area contributed by atoms with Crippen molar-refractivity contribution in [2.24, 2.45) is 5.73 Å². The van der Waals surface area contributed by atoms with Crippen LogP contribution in [0.15, 0.2) is 18.2 Å². The Morgan fingerprint density at radius 1 is 1.29 bits per heavy atom. The minimum atomic E-state index is -0.697. The third-order valence-electron chi connectivity index (χ3n) is 2.69. The summed E-state index contributed by atoms with van der Waals surface area (Å²) in [6.07, 6.45) is -0.697. The predicted octanol–water partition coefficient (Wildman–Crippen LogP) is 1.16. The molecule has 1 heterocycles. The van der Waals surface area contributed by atoms with Crippen LogP contribution in [-0.2, 0) is 0 Å². The highest BCUT2D eigenvalue weighted by Gasteiger charge is 2.14. The Kier molecular flexibility index (Phi) is 5.13. The number of nitrogens with two attached hydrogens (primary N) is 2. The Hall–Kier alpha value is -1.67. The van der Waals surface area contributed by atoms with Crippen molar-refractivity contribution >= 4 is 35.0 Å². The van der Waals surface area contributed by atoms with E-state index in [0.717, 1.165) is 0 Å². The largest absolute Gasteiger partial charge is 0.390 e. The molecule has 0 bridgehead atoms. The summed E-state index contributed by atoms with van der Waals surface area (Å²) in [6.45, 7) is 0.334. The number of nitrogen functional groups attached to an aromatic ring is 1. The molecule has 0 fully saturated rings. The smallest absolute Gasteiger partial charge is 0.244 e. The van der Waals surface area contributed by atoms with E-state index >= 15 is 0 Å². The van der Waals surface area contributed by atoms with Gasteiger partial charge in [0.25, 0.3) is 0 Å². The van der Waals surface area contributed by atoms with Gasteiger partial charge in [0.1, 0.15) is 5.69 Å². The van der Waals surface area contributed by atoms with E-state index in [1.165, 1.54) is 0 Å². The van der Waals surface area contributed by atoms with Crippen LogP contribution in [0.4, 0.5) is 11.8 Å². The van der Waals surface area contributed by atoms with Crippen molar-refractivity contribution < 1.29 is 5.11 Å². The number of rotatable bonds is 5. The van der Waals surface area contributed by atoms with Crippen molar-refractivity contribution in [3.8, 4) is 11.3 Å². The second-order valence-corrected chi connectivity index (χ2v) is 5.03. The van der Waals surface area contributed by atoms with E-state index in [2.05, 4.69) is 20.5 Å². The molecule has 6 N–H and O–H groups in total. The molecule has 1 aromatic heterocycles. The lowest BCUT2D eigenvalue weighted by molar-refractivity contribution is 0.196. The molecule has 0 saturated heterocycles. The van der Waals surface area contributed by atoms with E-state index in [0.29, 0.717) is 21.3 Å². The molecule has 1 unspecified atom stereocenters. The molecular weight excluding hydrogens is 315 g/mol. The van der Waals surface area contributed by atoms with E-state index in [1.807, 2.05) is 0 Å². The molecule has 0 spiro atoms. The maximum atomic E-state index is 9.36. The highest BCUT2D eigenvalue weighted by Crippen LogP contribution is 2.34. The van der Waals surface area contributed by atoms with E-state index < -0.39 is 6.10 Å². The SMILES string of the molecule is NCC(O)CNc1nnc(-c2cccc(Cl)c2Cl)c(N)n1. The van der Waals surface area contributed by atoms with Gasteiger partial charge in [-0.2, -0.15) is 4.98 Å². The van der Waals surface area contributed by atoms with Gasteiger partial charge in [-0.05, 0) is 6.07 Å². The van der Waals surface area contributed by atoms with Gasteiger partial charge in [0.15, 0.2) is 5.82 Å². The lowest BCUT2D eigenvalue weighted by Crippen LogP contribution is -2.28. The van der Waals surface area contributed by atoms with Crippen LogP contribution in [0.5, 0.6) is 0 Å². The minimum Gasteiger partial charge on any atom is -0.390 e. The van der Waals surface area contributed by atoms with E-state index in [1.54, 1.807) is 18.2 Å². The van der Waals surface area contributed by atoms with Crippen LogP contribution in [0.1, 0.15) is 0 Å². The first kappa shape index (κ1) is 15.7. The fourth-order valence-corrected chi connectivity index (χ4v) is 1.97. The van der Waals surface area contributed by atoms with Crippen LogP contribution in [0, 0.1) is 0 Å². The van der Waals surface area contributed by atoms with Gasteiger partial charge < -0.3 is 21.9 Å². The first-order chi connectivity index (χ1) is 10.0. The van der Waals surface area contributed by atoms with Crippen molar-refractivity contribution in [3.05, 3.63) is 28.2 Å². The Bertz CT molecular complexity index is 639. The monoisotopic (exact) mass is 328 g/mol. The van der Waals surface area contributed by atoms with Crippen molar-refractivity contribution in [3.63, 3.8) is 0 Å². The van der Waals surface area contributed by atoms with E-state index in [4.69, 9.17) is 34.7 Å². The number of halogens is 2. The van der Waals surface area contributed by atoms with Gasteiger partial charge in [-0.1, -0.05) is 35.3 Å². The zero-order valence-electron chi connectivity index (χ0n) is 10.9. The van der Waals surface area contributed by atoms with Crippen LogP contribution >= 0.6 is 23.2 Å². The molecule has 7 nitrogen and oxygen atoms in total. The summed E-state index contributed by atoms with van der Waals surface area (Å²) in [5.41, 5.74) is 12.1. The molecule has 0 amide bonds. The molecular formula is C12H14Cl2N6O. The molecule has 0 saturated carbocycles. The van der Waals surface area contributed by atoms with Gasteiger partial charge in [0, 0.05) is 18.7 Å². The van der Waals surface area contributed by atoms with E-state index in [9.17, 15) is 5.11 Å². The average Bonchev–Trinajstić information content (AvgIpc) is 2.48. The fraction of sp³-hybridized carbons (Fsp3) is 0.250. The number of nitrogens with zero attached hydrogens (tertiary/aromatic N) is 3. The number of anilines is 2. The van der Waals surface area contributed by atoms with Crippen LogP contribution in [-0.4, -0.2) is 39.5 Å². The molecule has 2 rings (SSSR count). The highest BCUT2D eigenvalue weighted by molar-refractivity contribution is 6.43. The van der Waals surface area contributed by atoms with Crippen LogP contribution in [0.3, 0.4) is 0 Å². The Balaban J connectivity index is 2.25. The fourth-order valence-electron chi connectivity index (χ4n) is 1.58. The van der Waals surface area contributed by atoms with Crippen LogP contribution in [0.25, 0.3) is 11.3 Å². The standard InChI is InChI=1S/C12H14Cl2N6O/c13-8-3-1-2-7(9(8)14)10-11(16)18-12(20-19-10)17-5-6(21)4-15/h1-3,6,21H,4-5,15H2,(H3,16,17,18,20). The zero-order chi connectivity index (χ0) is 15.4. The number of benzene rings is 1. The molecule has 1 atom stereocenters. The molecule has 21 heavy (non-hydrogen) atoms. The molecule has 9 heteroatoms. The summed E-state index contributed by atoms with van der Waals surface area (Å²) in [4.78, 5) is 4.07. The third-order valence-corrected chi connectivity index (χ3v) is 3.51. The first-order valence-electron chi connectivity index (χ1n) is 6.09. The number of nitrogens with one attached hydrogen (secondary N) is 1. The second-order valence-electron chi connectivity index (χ2n) is 4.24. The Morgan fingerprint density at radius 2 is 2.05 bits per heavy atom. The maximum Gasteiger partial charge on any atom is 0.244 e. The molecule has 112 valence electrons. The Morgan fingerprint density at radius 3 is 2.71 bits per heavy atom. The summed E-state index contributed by atoms with van der Waals surface area (Å²) < 4.78 is 0. The number of aliphatic hydroxyl groups excluding tert-OH is 1. The predicted molar refractivity (Wildman–Crippen MR) is 83.2 cm³/mol. The number of aliphatic hydroxyl groups is 1. The van der Waals surface area contributed by atoms with Gasteiger partial charge in [-0.15, -0.1) is 10.2 Å². The quantitative estimate of drug-likeness (QED) is 0.649. The third kappa shape index (κ3) is 3.70. The molecule has 0 aliphatic rings. The van der Waals surface area contributed by atoms with Gasteiger partial charge >= 0.3 is 0 Å². The van der Waals surface area contributed by atoms with Gasteiger partial charge in [0.05, 0.1) is 16.1 Å². The van der Waals surface area contributed by atoms with Crippen molar-refractivity contribution in [1.29, 1.82) is 0 Å². The highest BCUT2D eigenvalue weighted by atomic mass is 35.5. The molecule has 0 aliphatic carbocycles. The summed E-state index contributed by atoms with van der Waals surface area (Å²) in [5.74, 6) is 0.348. The van der Waals surface area contributed by atoms with Gasteiger partial charge in [-0.3, -0.25) is 0 Å². The van der Waals surface area contributed by atoms with Crippen molar-refractivity contribution in [1.82, 2.24) is 15.2 Å². The second kappa shape index (κ2) is 6.86. The lowest BCUT2D eigenvalue weighted by Gasteiger charge is -2.11.